The van der Waals surface area contributed by atoms with Crippen LogP contribution in [0.25, 0.3) is 10.9 Å². The minimum Gasteiger partial charge on any atom is -0.395 e. The third-order valence-electron chi connectivity index (χ3n) is 6.01. The number of aromatic amines is 1. The maximum absolute atomic E-state index is 13.0. The first-order valence-corrected chi connectivity index (χ1v) is 9.63. The first-order valence-electron chi connectivity index (χ1n) is 9.63. The van der Waals surface area contributed by atoms with Crippen molar-refractivity contribution in [2.45, 2.75) is 25.2 Å². The van der Waals surface area contributed by atoms with Crippen molar-refractivity contribution in [2.75, 3.05) is 19.7 Å². The molecule has 4 rings (SSSR count). The Morgan fingerprint density at radius 3 is 2.36 bits per heavy atom. The summed E-state index contributed by atoms with van der Waals surface area (Å²) in [7, 11) is 0. The predicted octanol–water partition coefficient (Wildman–Crippen LogP) is 3.21. The Kier molecular flexibility index (Phi) is 4.77. The number of ketones is 1. The van der Waals surface area contributed by atoms with Crippen molar-refractivity contribution in [3.8, 4) is 0 Å². The van der Waals surface area contributed by atoms with Crippen LogP contribution in [0.3, 0.4) is 0 Å². The number of aromatic nitrogens is 1. The second kappa shape index (κ2) is 7.24. The first kappa shape index (κ1) is 18.4. The maximum Gasteiger partial charge on any atom is 0.295 e. The van der Waals surface area contributed by atoms with Crippen LogP contribution in [0.5, 0.6) is 0 Å². The Hall–Kier alpha value is -2.92. The number of piperidine rings is 1. The summed E-state index contributed by atoms with van der Waals surface area (Å²) in [5, 5.41) is 10.8. The number of para-hydroxylation sites is 1. The van der Waals surface area contributed by atoms with Crippen LogP contribution >= 0.6 is 0 Å². The number of rotatable bonds is 4. The lowest BCUT2D eigenvalue weighted by Crippen LogP contribution is -2.48. The van der Waals surface area contributed by atoms with Crippen molar-refractivity contribution < 1.29 is 14.7 Å². The SMILES string of the molecule is Cc1[nH]c2ccccc2c1C(=O)C(=O)N1CCC(CO)(c2ccccc2)CC1. The summed E-state index contributed by atoms with van der Waals surface area (Å²) >= 11 is 0. The molecule has 3 aromatic rings. The molecule has 2 aromatic carbocycles. The minimum absolute atomic E-state index is 0.0363. The number of likely N-dealkylation sites (tertiary alicyclic amines) is 1. The molecule has 0 atom stereocenters. The molecule has 1 saturated heterocycles. The standard InChI is InChI=1S/C23H24N2O3/c1-16-20(18-9-5-6-10-19(18)24-16)21(27)22(28)25-13-11-23(15-26,12-14-25)17-7-3-2-4-8-17/h2-10,24,26H,11-15H2,1H3. The second-order valence-corrected chi connectivity index (χ2v) is 7.60. The van der Waals surface area contributed by atoms with Crippen LogP contribution in [-0.4, -0.2) is 46.4 Å². The monoisotopic (exact) mass is 376 g/mol. The normalized spacial score (nSPS) is 16.3. The molecule has 144 valence electrons. The summed E-state index contributed by atoms with van der Waals surface area (Å²) in [6.07, 6.45) is 1.28. The fourth-order valence-electron chi connectivity index (χ4n) is 4.29. The Bertz CT molecular complexity index is 1010. The number of nitrogens with zero attached hydrogens (tertiary/aromatic N) is 1. The molecule has 1 amide bonds. The van der Waals surface area contributed by atoms with Gasteiger partial charge in [-0.15, -0.1) is 0 Å². The van der Waals surface area contributed by atoms with Gasteiger partial charge in [-0.25, -0.2) is 0 Å². The largest absolute Gasteiger partial charge is 0.395 e. The number of benzene rings is 2. The average molecular weight is 376 g/mol. The number of hydrogen-bond acceptors (Lipinski definition) is 3. The van der Waals surface area contributed by atoms with Gasteiger partial charge in [-0.3, -0.25) is 9.59 Å². The summed E-state index contributed by atoms with van der Waals surface area (Å²) in [5.74, 6) is -0.932. The van der Waals surface area contributed by atoms with Crippen molar-refractivity contribution >= 4 is 22.6 Å². The van der Waals surface area contributed by atoms with Gasteiger partial charge in [0.25, 0.3) is 11.7 Å². The molecule has 28 heavy (non-hydrogen) atoms. The number of carbonyl (C=O) groups is 2. The van der Waals surface area contributed by atoms with E-state index >= 15 is 0 Å². The van der Waals surface area contributed by atoms with E-state index < -0.39 is 11.7 Å². The number of carbonyl (C=O) groups excluding carboxylic acids is 2. The quantitative estimate of drug-likeness (QED) is 0.542. The number of Topliss-reactive ketones (excluding diaryl/α,β-unsaturated/α-hetero) is 1. The van der Waals surface area contributed by atoms with E-state index in [-0.39, 0.29) is 12.0 Å². The number of aryl methyl sites for hydroxylation is 1. The van der Waals surface area contributed by atoms with Crippen LogP contribution in [0.2, 0.25) is 0 Å². The summed E-state index contributed by atoms with van der Waals surface area (Å²) in [4.78, 5) is 30.7. The molecule has 0 unspecified atom stereocenters. The topological polar surface area (TPSA) is 73.4 Å². The van der Waals surface area contributed by atoms with Gasteiger partial charge in [-0.2, -0.15) is 0 Å². The summed E-state index contributed by atoms with van der Waals surface area (Å²) < 4.78 is 0. The van der Waals surface area contributed by atoms with Gasteiger partial charge < -0.3 is 15.0 Å². The molecule has 0 spiro atoms. The zero-order chi connectivity index (χ0) is 19.7. The van der Waals surface area contributed by atoms with Crippen molar-refractivity contribution in [2.24, 2.45) is 0 Å². The van der Waals surface area contributed by atoms with Gasteiger partial charge in [-0.1, -0.05) is 48.5 Å². The third kappa shape index (κ3) is 3.02. The average Bonchev–Trinajstić information content (AvgIpc) is 3.09. The van der Waals surface area contributed by atoms with Crippen molar-refractivity contribution in [3.05, 3.63) is 71.4 Å². The van der Waals surface area contributed by atoms with Crippen molar-refractivity contribution in [1.29, 1.82) is 0 Å². The van der Waals surface area contributed by atoms with Crippen LogP contribution in [-0.2, 0) is 10.2 Å². The third-order valence-corrected chi connectivity index (χ3v) is 6.01. The molecule has 5 nitrogen and oxygen atoms in total. The maximum atomic E-state index is 13.0. The van der Waals surface area contributed by atoms with E-state index in [1.165, 1.54) is 0 Å². The molecule has 0 saturated carbocycles. The number of amides is 1. The minimum atomic E-state index is -0.467. The second-order valence-electron chi connectivity index (χ2n) is 7.60. The van der Waals surface area contributed by atoms with Gasteiger partial charge in [0.05, 0.1) is 12.2 Å². The van der Waals surface area contributed by atoms with E-state index in [1.54, 1.807) is 4.90 Å². The van der Waals surface area contributed by atoms with Gasteiger partial charge in [0.1, 0.15) is 0 Å². The number of hydrogen-bond donors (Lipinski definition) is 2. The molecular formula is C23H24N2O3. The number of H-pyrrole nitrogens is 1. The fourth-order valence-corrected chi connectivity index (χ4v) is 4.29. The molecule has 0 radical (unpaired) electrons. The zero-order valence-electron chi connectivity index (χ0n) is 15.9. The van der Waals surface area contributed by atoms with E-state index in [2.05, 4.69) is 4.98 Å². The molecule has 2 N–H and O–H groups in total. The van der Waals surface area contributed by atoms with Crippen molar-refractivity contribution in [3.63, 3.8) is 0 Å². The van der Waals surface area contributed by atoms with Crippen LogP contribution in [0.1, 0.15) is 34.5 Å². The predicted molar refractivity (Wildman–Crippen MR) is 108 cm³/mol. The molecule has 1 aromatic heterocycles. The van der Waals surface area contributed by atoms with Gasteiger partial charge in [-0.05, 0) is 31.4 Å². The number of nitrogens with one attached hydrogen (secondary N) is 1. The summed E-state index contributed by atoms with van der Waals surface area (Å²) in [5.41, 5.74) is 2.77. The Morgan fingerprint density at radius 2 is 1.68 bits per heavy atom. The number of aliphatic hydroxyl groups excluding tert-OH is 1. The highest BCUT2D eigenvalue weighted by atomic mass is 16.3. The molecule has 1 aliphatic heterocycles. The summed E-state index contributed by atoms with van der Waals surface area (Å²) in [6, 6.07) is 17.5. The molecule has 0 bridgehead atoms. The first-order chi connectivity index (χ1) is 13.6. The van der Waals surface area contributed by atoms with E-state index in [9.17, 15) is 14.7 Å². The molecule has 1 fully saturated rings. The van der Waals surface area contributed by atoms with E-state index in [4.69, 9.17) is 0 Å². The lowest BCUT2D eigenvalue weighted by molar-refractivity contribution is -0.128. The number of aliphatic hydroxyl groups is 1. The Balaban J connectivity index is 1.54. The van der Waals surface area contributed by atoms with Gasteiger partial charge >= 0.3 is 0 Å². The Labute approximate surface area is 164 Å². The lowest BCUT2D eigenvalue weighted by Gasteiger charge is -2.41. The molecular weight excluding hydrogens is 352 g/mol. The van der Waals surface area contributed by atoms with Crippen LogP contribution in [0.4, 0.5) is 0 Å². The summed E-state index contributed by atoms with van der Waals surface area (Å²) in [6.45, 7) is 2.78. The highest BCUT2D eigenvalue weighted by Gasteiger charge is 2.38. The van der Waals surface area contributed by atoms with E-state index in [0.717, 1.165) is 16.5 Å². The zero-order valence-corrected chi connectivity index (χ0v) is 15.9. The van der Waals surface area contributed by atoms with Gasteiger partial charge in [0.2, 0.25) is 0 Å². The van der Waals surface area contributed by atoms with Crippen LogP contribution in [0, 0.1) is 6.92 Å². The number of fused-ring (bicyclic) bond motifs is 1. The van der Waals surface area contributed by atoms with Crippen molar-refractivity contribution in [1.82, 2.24) is 9.88 Å². The molecule has 5 heteroatoms. The Morgan fingerprint density at radius 1 is 1.04 bits per heavy atom. The van der Waals surface area contributed by atoms with E-state index in [1.807, 2.05) is 61.5 Å². The molecule has 2 heterocycles. The van der Waals surface area contributed by atoms with Gasteiger partial charge in [0, 0.05) is 35.1 Å². The molecule has 0 aliphatic carbocycles. The highest BCUT2D eigenvalue weighted by molar-refractivity contribution is 6.45. The van der Waals surface area contributed by atoms with E-state index in [0.29, 0.717) is 37.2 Å². The van der Waals surface area contributed by atoms with Gasteiger partial charge in [0.15, 0.2) is 0 Å². The molecule has 1 aliphatic rings. The lowest BCUT2D eigenvalue weighted by atomic mass is 9.73. The van der Waals surface area contributed by atoms with Crippen LogP contribution in [0.15, 0.2) is 54.6 Å². The smallest absolute Gasteiger partial charge is 0.295 e. The highest BCUT2D eigenvalue weighted by Crippen LogP contribution is 2.35. The fraction of sp³-hybridized carbons (Fsp3) is 0.304. The van der Waals surface area contributed by atoms with Crippen LogP contribution < -0.4 is 0 Å².